The van der Waals surface area contributed by atoms with Gasteiger partial charge in [0.25, 0.3) is 0 Å². The number of rotatable bonds is 6. The summed E-state index contributed by atoms with van der Waals surface area (Å²) in [6.45, 7) is 0.682. The van der Waals surface area contributed by atoms with Crippen LogP contribution in [0, 0.1) is 5.82 Å². The quantitative estimate of drug-likeness (QED) is 0.513. The molecule has 4 rings (SSSR count). The van der Waals surface area contributed by atoms with Crippen molar-refractivity contribution in [3.8, 4) is 11.5 Å². The van der Waals surface area contributed by atoms with Gasteiger partial charge in [-0.2, -0.15) is 0 Å². The maximum atomic E-state index is 13.8. The molecule has 0 saturated heterocycles. The van der Waals surface area contributed by atoms with Gasteiger partial charge < -0.3 is 10.1 Å². The predicted octanol–water partition coefficient (Wildman–Crippen LogP) is 5.22. The zero-order valence-electron chi connectivity index (χ0n) is 14.6. The Labute approximate surface area is 156 Å². The normalized spacial score (nSPS) is 10.7. The average Bonchev–Trinajstić information content (AvgIpc) is 2.71. The van der Waals surface area contributed by atoms with Gasteiger partial charge in [0.2, 0.25) is 0 Å². The fourth-order valence-electron chi connectivity index (χ4n) is 2.87. The monoisotopic (exact) mass is 359 g/mol. The van der Waals surface area contributed by atoms with Crippen molar-refractivity contribution in [1.29, 1.82) is 0 Å². The minimum Gasteiger partial charge on any atom is -0.457 e. The number of benzene rings is 3. The number of hydrogen-bond donors (Lipinski definition) is 1. The summed E-state index contributed by atoms with van der Waals surface area (Å²) >= 11 is 0. The molecule has 27 heavy (non-hydrogen) atoms. The van der Waals surface area contributed by atoms with E-state index in [0.29, 0.717) is 23.3 Å². The summed E-state index contributed by atoms with van der Waals surface area (Å²) in [6.07, 6.45) is 2.19. The van der Waals surface area contributed by atoms with Crippen LogP contribution in [0.15, 0.2) is 79.1 Å². The standard InChI is InChI=1S/C22H18FN3O/c23-20-8-4-7-19-21(20)25-15-26-22(19)24-14-13-16-9-11-18(12-10-16)27-17-5-2-1-3-6-17/h1-12,15H,13-14H2,(H,24,25,26). The van der Waals surface area contributed by atoms with Crippen molar-refractivity contribution in [1.82, 2.24) is 9.97 Å². The Kier molecular flexibility index (Phi) is 4.92. The van der Waals surface area contributed by atoms with Crippen LogP contribution in [0.4, 0.5) is 10.2 Å². The third-order valence-electron chi connectivity index (χ3n) is 4.22. The molecule has 0 aliphatic heterocycles. The van der Waals surface area contributed by atoms with E-state index in [2.05, 4.69) is 15.3 Å². The van der Waals surface area contributed by atoms with Crippen LogP contribution in [0.2, 0.25) is 0 Å². The Hall–Kier alpha value is -3.47. The number of halogens is 1. The molecule has 1 N–H and O–H groups in total. The highest BCUT2D eigenvalue weighted by Gasteiger charge is 2.07. The first kappa shape index (κ1) is 17.0. The van der Waals surface area contributed by atoms with E-state index >= 15 is 0 Å². The summed E-state index contributed by atoms with van der Waals surface area (Å²) in [6, 6.07) is 22.6. The van der Waals surface area contributed by atoms with E-state index in [9.17, 15) is 4.39 Å². The number of hydrogen-bond acceptors (Lipinski definition) is 4. The molecule has 3 aromatic carbocycles. The third-order valence-corrected chi connectivity index (χ3v) is 4.22. The molecule has 0 amide bonds. The van der Waals surface area contributed by atoms with E-state index in [1.807, 2.05) is 60.7 Å². The zero-order valence-corrected chi connectivity index (χ0v) is 14.6. The molecule has 0 saturated carbocycles. The highest BCUT2D eigenvalue weighted by Crippen LogP contribution is 2.22. The zero-order chi connectivity index (χ0) is 18.5. The van der Waals surface area contributed by atoms with Gasteiger partial charge in [0.05, 0.1) is 0 Å². The maximum absolute atomic E-state index is 13.8. The van der Waals surface area contributed by atoms with Crippen LogP contribution in [0.25, 0.3) is 10.9 Å². The third kappa shape index (κ3) is 4.03. The molecule has 1 heterocycles. The number of anilines is 1. The van der Waals surface area contributed by atoms with Crippen molar-refractivity contribution < 1.29 is 9.13 Å². The van der Waals surface area contributed by atoms with Crippen molar-refractivity contribution >= 4 is 16.7 Å². The summed E-state index contributed by atoms with van der Waals surface area (Å²) < 4.78 is 19.6. The van der Waals surface area contributed by atoms with Gasteiger partial charge in [0, 0.05) is 11.9 Å². The molecule has 0 unspecified atom stereocenters. The molecule has 134 valence electrons. The molecule has 0 aliphatic carbocycles. The highest BCUT2D eigenvalue weighted by molar-refractivity contribution is 5.89. The van der Waals surface area contributed by atoms with Crippen molar-refractivity contribution in [3.63, 3.8) is 0 Å². The second kappa shape index (κ2) is 7.83. The summed E-state index contributed by atoms with van der Waals surface area (Å²) in [5, 5.41) is 3.95. The lowest BCUT2D eigenvalue weighted by Gasteiger charge is -2.09. The summed E-state index contributed by atoms with van der Waals surface area (Å²) in [4.78, 5) is 8.24. The predicted molar refractivity (Wildman–Crippen MR) is 105 cm³/mol. The first-order valence-corrected chi connectivity index (χ1v) is 8.74. The van der Waals surface area contributed by atoms with Crippen LogP contribution in [0.1, 0.15) is 5.56 Å². The molecular formula is C22H18FN3O. The van der Waals surface area contributed by atoms with Gasteiger partial charge in [-0.05, 0) is 48.4 Å². The Morgan fingerprint density at radius 3 is 2.41 bits per heavy atom. The fourth-order valence-corrected chi connectivity index (χ4v) is 2.87. The van der Waals surface area contributed by atoms with Crippen LogP contribution < -0.4 is 10.1 Å². The first-order chi connectivity index (χ1) is 13.3. The second-order valence-corrected chi connectivity index (χ2v) is 6.09. The van der Waals surface area contributed by atoms with E-state index in [-0.39, 0.29) is 5.82 Å². The Balaban J connectivity index is 1.38. The van der Waals surface area contributed by atoms with Crippen molar-refractivity contribution in [2.24, 2.45) is 0 Å². The Bertz CT molecular complexity index is 1040. The summed E-state index contributed by atoms with van der Waals surface area (Å²) in [5.41, 5.74) is 1.50. The number of fused-ring (bicyclic) bond motifs is 1. The SMILES string of the molecule is Fc1cccc2c(NCCc3ccc(Oc4ccccc4)cc3)ncnc12. The summed E-state index contributed by atoms with van der Waals surface area (Å²) in [5.74, 6) is 1.92. The van der Waals surface area contributed by atoms with Gasteiger partial charge >= 0.3 is 0 Å². The van der Waals surface area contributed by atoms with E-state index in [1.165, 1.54) is 18.0 Å². The van der Waals surface area contributed by atoms with E-state index < -0.39 is 0 Å². The van der Waals surface area contributed by atoms with Gasteiger partial charge in [-0.15, -0.1) is 0 Å². The molecule has 4 aromatic rings. The smallest absolute Gasteiger partial charge is 0.149 e. The number of ether oxygens (including phenoxy) is 1. The molecule has 0 aliphatic rings. The average molecular weight is 359 g/mol. The molecule has 4 nitrogen and oxygen atoms in total. The molecular weight excluding hydrogens is 341 g/mol. The number of nitrogens with zero attached hydrogens (tertiary/aromatic N) is 2. The lowest BCUT2D eigenvalue weighted by Crippen LogP contribution is -2.07. The maximum Gasteiger partial charge on any atom is 0.149 e. The lowest BCUT2D eigenvalue weighted by atomic mass is 10.1. The van der Waals surface area contributed by atoms with Crippen LogP contribution in [0.5, 0.6) is 11.5 Å². The molecule has 1 aromatic heterocycles. The van der Waals surface area contributed by atoms with Crippen molar-refractivity contribution in [2.75, 3.05) is 11.9 Å². The van der Waals surface area contributed by atoms with Crippen LogP contribution in [-0.2, 0) is 6.42 Å². The van der Waals surface area contributed by atoms with Crippen LogP contribution >= 0.6 is 0 Å². The van der Waals surface area contributed by atoms with Gasteiger partial charge in [0.1, 0.15) is 35.0 Å². The molecule has 5 heteroatoms. The minimum atomic E-state index is -0.341. The number of nitrogens with one attached hydrogen (secondary N) is 1. The van der Waals surface area contributed by atoms with Crippen LogP contribution in [0.3, 0.4) is 0 Å². The molecule has 0 atom stereocenters. The van der Waals surface area contributed by atoms with Gasteiger partial charge in [0.15, 0.2) is 0 Å². The second-order valence-electron chi connectivity index (χ2n) is 6.09. The molecule has 0 spiro atoms. The number of para-hydroxylation sites is 2. The van der Waals surface area contributed by atoms with E-state index in [1.54, 1.807) is 6.07 Å². The largest absolute Gasteiger partial charge is 0.457 e. The number of aromatic nitrogens is 2. The Morgan fingerprint density at radius 1 is 0.815 bits per heavy atom. The molecule has 0 fully saturated rings. The topological polar surface area (TPSA) is 47.0 Å². The Morgan fingerprint density at radius 2 is 1.59 bits per heavy atom. The van der Waals surface area contributed by atoms with Crippen molar-refractivity contribution in [3.05, 3.63) is 90.5 Å². The lowest BCUT2D eigenvalue weighted by molar-refractivity contribution is 0.482. The molecule has 0 radical (unpaired) electrons. The van der Waals surface area contributed by atoms with Gasteiger partial charge in [-0.3, -0.25) is 0 Å². The van der Waals surface area contributed by atoms with E-state index in [4.69, 9.17) is 4.74 Å². The fraction of sp³-hybridized carbons (Fsp3) is 0.0909. The van der Waals surface area contributed by atoms with E-state index in [0.717, 1.165) is 17.9 Å². The first-order valence-electron chi connectivity index (χ1n) is 8.74. The molecule has 0 bridgehead atoms. The van der Waals surface area contributed by atoms with Crippen molar-refractivity contribution in [2.45, 2.75) is 6.42 Å². The highest BCUT2D eigenvalue weighted by atomic mass is 19.1. The van der Waals surface area contributed by atoms with Gasteiger partial charge in [-0.1, -0.05) is 36.4 Å². The van der Waals surface area contributed by atoms with Crippen LogP contribution in [-0.4, -0.2) is 16.5 Å². The summed E-state index contributed by atoms with van der Waals surface area (Å²) in [7, 11) is 0. The minimum absolute atomic E-state index is 0.331. The van der Waals surface area contributed by atoms with Gasteiger partial charge in [-0.25, -0.2) is 14.4 Å².